The Hall–Kier alpha value is -1.84. The topological polar surface area (TPSA) is 57.6 Å². The lowest BCUT2D eigenvalue weighted by atomic mass is 10.0. The Morgan fingerprint density at radius 2 is 1.89 bits per heavy atom. The molecule has 0 unspecified atom stereocenters. The van der Waals surface area contributed by atoms with E-state index in [1.165, 1.54) is 0 Å². The maximum absolute atomic E-state index is 12.4. The van der Waals surface area contributed by atoms with Gasteiger partial charge in [0.05, 0.1) is 17.9 Å². The molecular formula is C15H17NO3. The van der Waals surface area contributed by atoms with Gasteiger partial charge in [-0.2, -0.15) is 0 Å². The van der Waals surface area contributed by atoms with Crippen molar-refractivity contribution < 1.29 is 14.7 Å². The number of carboxylic acids is 1. The maximum Gasteiger partial charge on any atom is 0.307 e. The predicted molar refractivity (Wildman–Crippen MR) is 69.4 cm³/mol. The minimum atomic E-state index is -0.839. The highest BCUT2D eigenvalue weighted by atomic mass is 16.4. The fourth-order valence-electron chi connectivity index (χ4n) is 3.01. The number of nitrogens with zero attached hydrogens (tertiary/aromatic N) is 1. The van der Waals surface area contributed by atoms with Gasteiger partial charge in [0.2, 0.25) is 5.91 Å². The van der Waals surface area contributed by atoms with E-state index in [1.54, 1.807) is 0 Å². The van der Waals surface area contributed by atoms with Gasteiger partial charge in [-0.05, 0) is 24.8 Å². The van der Waals surface area contributed by atoms with Gasteiger partial charge in [-0.25, -0.2) is 0 Å². The Labute approximate surface area is 112 Å². The first kappa shape index (κ1) is 12.2. The fraction of sp³-hybridized carbons (Fsp3) is 0.467. The molecule has 100 valence electrons. The van der Waals surface area contributed by atoms with Gasteiger partial charge < -0.3 is 10.0 Å². The van der Waals surface area contributed by atoms with Gasteiger partial charge in [0.1, 0.15) is 0 Å². The molecule has 1 aliphatic heterocycles. The molecule has 1 aliphatic carbocycles. The van der Waals surface area contributed by atoms with Gasteiger partial charge in [-0.3, -0.25) is 9.59 Å². The van der Waals surface area contributed by atoms with Crippen LogP contribution in [0.25, 0.3) is 0 Å². The summed E-state index contributed by atoms with van der Waals surface area (Å²) in [7, 11) is 0. The van der Waals surface area contributed by atoms with E-state index >= 15 is 0 Å². The number of amides is 1. The zero-order chi connectivity index (χ0) is 13.4. The predicted octanol–water partition coefficient (Wildman–Crippen LogP) is 2.07. The molecule has 1 N–H and O–H groups in total. The minimum Gasteiger partial charge on any atom is -0.481 e. The van der Waals surface area contributed by atoms with Gasteiger partial charge in [0.15, 0.2) is 0 Å². The van der Waals surface area contributed by atoms with Crippen molar-refractivity contribution in [2.75, 3.05) is 6.54 Å². The number of hydrogen-bond donors (Lipinski definition) is 1. The number of carboxylic acid groups (broad SMARTS) is 1. The van der Waals surface area contributed by atoms with Crippen LogP contribution in [0.2, 0.25) is 0 Å². The van der Waals surface area contributed by atoms with Crippen LogP contribution in [0, 0.1) is 11.8 Å². The van der Waals surface area contributed by atoms with E-state index in [0.29, 0.717) is 6.42 Å². The van der Waals surface area contributed by atoms with E-state index in [9.17, 15) is 9.59 Å². The second-order valence-corrected chi connectivity index (χ2v) is 5.39. The van der Waals surface area contributed by atoms with Crippen LogP contribution in [0.5, 0.6) is 0 Å². The van der Waals surface area contributed by atoms with Gasteiger partial charge >= 0.3 is 5.97 Å². The lowest BCUT2D eigenvalue weighted by molar-refractivity contribution is -0.142. The fourth-order valence-corrected chi connectivity index (χ4v) is 3.01. The van der Waals surface area contributed by atoms with E-state index in [1.807, 2.05) is 35.2 Å². The molecule has 1 aromatic carbocycles. The summed E-state index contributed by atoms with van der Waals surface area (Å²) in [5.41, 5.74) is 1.15. The summed E-state index contributed by atoms with van der Waals surface area (Å²) in [4.78, 5) is 25.1. The Morgan fingerprint density at radius 3 is 2.53 bits per heavy atom. The number of benzene rings is 1. The van der Waals surface area contributed by atoms with E-state index in [2.05, 4.69) is 0 Å². The SMILES string of the molecule is O=C(O)[C@@H]1C[C@H]1C(=O)N1CCC[C@@H]1c1ccccc1. The highest BCUT2D eigenvalue weighted by Crippen LogP contribution is 2.43. The third kappa shape index (κ3) is 2.23. The van der Waals surface area contributed by atoms with Crippen LogP contribution in [0.3, 0.4) is 0 Å². The molecule has 0 spiro atoms. The molecule has 3 atom stereocenters. The normalized spacial score (nSPS) is 29.3. The molecule has 1 heterocycles. The van der Waals surface area contributed by atoms with Crippen LogP contribution < -0.4 is 0 Å². The van der Waals surface area contributed by atoms with E-state index < -0.39 is 11.9 Å². The first-order valence-corrected chi connectivity index (χ1v) is 6.76. The highest BCUT2D eigenvalue weighted by Gasteiger charge is 2.51. The quantitative estimate of drug-likeness (QED) is 0.904. The summed E-state index contributed by atoms with van der Waals surface area (Å²) in [6.45, 7) is 0.751. The summed E-state index contributed by atoms with van der Waals surface area (Å²) < 4.78 is 0. The maximum atomic E-state index is 12.4. The lowest BCUT2D eigenvalue weighted by Gasteiger charge is -2.25. The van der Waals surface area contributed by atoms with E-state index in [0.717, 1.165) is 24.9 Å². The highest BCUT2D eigenvalue weighted by molar-refractivity contribution is 5.89. The molecule has 0 radical (unpaired) electrons. The number of aliphatic carboxylic acids is 1. The van der Waals surface area contributed by atoms with Crippen LogP contribution in [0.1, 0.15) is 30.9 Å². The number of carbonyl (C=O) groups excluding carboxylic acids is 1. The summed E-state index contributed by atoms with van der Waals surface area (Å²) in [5.74, 6) is -1.56. The van der Waals surface area contributed by atoms with Crippen LogP contribution in [-0.4, -0.2) is 28.4 Å². The molecule has 0 bridgehead atoms. The average Bonchev–Trinajstić information content (AvgIpc) is 3.08. The van der Waals surface area contributed by atoms with Crippen LogP contribution in [0.4, 0.5) is 0 Å². The molecule has 3 rings (SSSR count). The molecule has 2 aliphatic rings. The zero-order valence-electron chi connectivity index (χ0n) is 10.7. The zero-order valence-corrected chi connectivity index (χ0v) is 10.7. The average molecular weight is 259 g/mol. The number of carbonyl (C=O) groups is 2. The van der Waals surface area contributed by atoms with Crippen molar-refractivity contribution in [1.29, 1.82) is 0 Å². The molecule has 1 saturated heterocycles. The monoisotopic (exact) mass is 259 g/mol. The minimum absolute atomic E-state index is 0.0266. The lowest BCUT2D eigenvalue weighted by Crippen LogP contribution is -2.32. The van der Waals surface area contributed by atoms with E-state index in [4.69, 9.17) is 5.11 Å². The smallest absolute Gasteiger partial charge is 0.307 e. The van der Waals surface area contributed by atoms with Gasteiger partial charge in [0.25, 0.3) is 0 Å². The second kappa shape index (κ2) is 4.68. The summed E-state index contributed by atoms with van der Waals surface area (Å²) in [5, 5.41) is 8.93. The largest absolute Gasteiger partial charge is 0.481 e. The molecule has 1 aromatic rings. The Morgan fingerprint density at radius 1 is 1.16 bits per heavy atom. The van der Waals surface area contributed by atoms with Gasteiger partial charge in [-0.1, -0.05) is 30.3 Å². The van der Waals surface area contributed by atoms with Crippen molar-refractivity contribution in [2.24, 2.45) is 11.8 Å². The third-order valence-corrected chi connectivity index (χ3v) is 4.15. The Kier molecular flexibility index (Phi) is 3.01. The number of hydrogen-bond acceptors (Lipinski definition) is 2. The molecule has 19 heavy (non-hydrogen) atoms. The first-order valence-electron chi connectivity index (χ1n) is 6.76. The number of likely N-dealkylation sites (tertiary alicyclic amines) is 1. The van der Waals surface area contributed by atoms with Gasteiger partial charge in [0, 0.05) is 6.54 Å². The molecule has 4 nitrogen and oxygen atoms in total. The van der Waals surface area contributed by atoms with Crippen molar-refractivity contribution >= 4 is 11.9 Å². The number of rotatable bonds is 3. The molecule has 2 fully saturated rings. The first-order chi connectivity index (χ1) is 9.18. The summed E-state index contributed by atoms with van der Waals surface area (Å²) >= 11 is 0. The van der Waals surface area contributed by atoms with Crippen molar-refractivity contribution in [3.63, 3.8) is 0 Å². The molecule has 1 amide bonds. The summed E-state index contributed by atoms with van der Waals surface area (Å²) in [6, 6.07) is 10.1. The van der Waals surface area contributed by atoms with Crippen molar-refractivity contribution in [3.05, 3.63) is 35.9 Å². The molecular weight excluding hydrogens is 242 g/mol. The summed E-state index contributed by atoms with van der Waals surface area (Å²) in [6.07, 6.45) is 2.47. The molecule has 0 aromatic heterocycles. The van der Waals surface area contributed by atoms with Crippen LogP contribution in [0.15, 0.2) is 30.3 Å². The Bertz CT molecular complexity index is 499. The Balaban J connectivity index is 1.74. The van der Waals surface area contributed by atoms with E-state index in [-0.39, 0.29) is 17.9 Å². The van der Waals surface area contributed by atoms with Crippen molar-refractivity contribution in [1.82, 2.24) is 4.90 Å². The molecule has 4 heteroatoms. The van der Waals surface area contributed by atoms with Crippen LogP contribution >= 0.6 is 0 Å². The third-order valence-electron chi connectivity index (χ3n) is 4.15. The van der Waals surface area contributed by atoms with Crippen LogP contribution in [-0.2, 0) is 9.59 Å². The molecule has 1 saturated carbocycles. The van der Waals surface area contributed by atoms with Gasteiger partial charge in [-0.15, -0.1) is 0 Å². The standard InChI is InChI=1S/C15H17NO3/c17-14(11-9-12(11)15(18)19)16-8-4-7-13(16)10-5-2-1-3-6-10/h1-3,5-6,11-13H,4,7-9H2,(H,18,19)/t11-,12-,13-/m1/s1. The second-order valence-electron chi connectivity index (χ2n) is 5.39. The van der Waals surface area contributed by atoms with Crippen molar-refractivity contribution in [3.8, 4) is 0 Å². The van der Waals surface area contributed by atoms with Crippen molar-refractivity contribution in [2.45, 2.75) is 25.3 Å².